The van der Waals surface area contributed by atoms with Crippen molar-refractivity contribution in [1.82, 2.24) is 0 Å². The van der Waals surface area contributed by atoms with E-state index in [1.165, 1.54) is 12.1 Å². The monoisotopic (exact) mass is 306 g/mol. The van der Waals surface area contributed by atoms with Crippen LogP contribution in [0.2, 0.25) is 0 Å². The molecule has 0 saturated carbocycles. The van der Waals surface area contributed by atoms with Gasteiger partial charge < -0.3 is 15.8 Å². The first-order valence-electron chi connectivity index (χ1n) is 5.65. The van der Waals surface area contributed by atoms with Gasteiger partial charge in [-0.25, -0.2) is 13.2 Å². The van der Waals surface area contributed by atoms with Gasteiger partial charge in [0.05, 0.1) is 18.7 Å². The SMILES string of the molecule is NC(=S)c1ccc(NC(=O)CCOCC(F)F)c(F)c1. The molecule has 8 heteroatoms. The molecule has 0 bridgehead atoms. The molecule has 1 aromatic rings. The molecule has 0 saturated heterocycles. The van der Waals surface area contributed by atoms with Gasteiger partial charge in [0.2, 0.25) is 5.91 Å². The Morgan fingerprint density at radius 1 is 1.45 bits per heavy atom. The third-order valence-corrected chi connectivity index (χ3v) is 2.48. The van der Waals surface area contributed by atoms with E-state index in [2.05, 4.69) is 10.1 Å². The van der Waals surface area contributed by atoms with E-state index in [9.17, 15) is 18.0 Å². The molecule has 1 aromatic carbocycles. The van der Waals surface area contributed by atoms with Crippen LogP contribution >= 0.6 is 12.2 Å². The number of thiocarbonyl (C=S) groups is 1. The number of carbonyl (C=O) groups excluding carboxylic acids is 1. The molecule has 20 heavy (non-hydrogen) atoms. The summed E-state index contributed by atoms with van der Waals surface area (Å²) >= 11 is 4.69. The summed E-state index contributed by atoms with van der Waals surface area (Å²) in [5, 5.41) is 2.30. The van der Waals surface area contributed by atoms with Crippen LogP contribution in [0.15, 0.2) is 18.2 Å². The van der Waals surface area contributed by atoms with Crippen LogP contribution in [0.5, 0.6) is 0 Å². The van der Waals surface area contributed by atoms with Crippen LogP contribution in [-0.4, -0.2) is 30.5 Å². The number of hydrogen-bond acceptors (Lipinski definition) is 3. The summed E-state index contributed by atoms with van der Waals surface area (Å²) < 4.78 is 41.7. The first-order valence-corrected chi connectivity index (χ1v) is 6.06. The van der Waals surface area contributed by atoms with Gasteiger partial charge in [0.25, 0.3) is 6.43 Å². The Morgan fingerprint density at radius 2 is 2.15 bits per heavy atom. The molecule has 1 rings (SSSR count). The van der Waals surface area contributed by atoms with Crippen molar-refractivity contribution < 1.29 is 22.7 Å². The number of rotatable bonds is 7. The number of amides is 1. The Balaban J connectivity index is 2.48. The van der Waals surface area contributed by atoms with Crippen molar-refractivity contribution in [2.24, 2.45) is 5.73 Å². The topological polar surface area (TPSA) is 64.3 Å². The van der Waals surface area contributed by atoms with Crippen LogP contribution in [0.3, 0.4) is 0 Å². The van der Waals surface area contributed by atoms with E-state index in [4.69, 9.17) is 18.0 Å². The molecule has 1 amide bonds. The third-order valence-electron chi connectivity index (χ3n) is 2.24. The predicted molar refractivity (Wildman–Crippen MR) is 72.4 cm³/mol. The largest absolute Gasteiger partial charge is 0.389 e. The second kappa shape index (κ2) is 7.81. The molecular weight excluding hydrogens is 293 g/mol. The molecule has 0 aliphatic carbocycles. The summed E-state index contributed by atoms with van der Waals surface area (Å²) in [6.07, 6.45) is -2.73. The predicted octanol–water partition coefficient (Wildman–Crippen LogP) is 2.07. The van der Waals surface area contributed by atoms with Crippen LogP contribution < -0.4 is 11.1 Å². The highest BCUT2D eigenvalue weighted by Crippen LogP contribution is 2.16. The number of halogens is 3. The molecule has 110 valence electrons. The first-order chi connectivity index (χ1) is 9.40. The smallest absolute Gasteiger partial charge is 0.261 e. The van der Waals surface area contributed by atoms with E-state index >= 15 is 0 Å². The summed E-state index contributed by atoms with van der Waals surface area (Å²) in [6.45, 7) is -0.896. The number of ether oxygens (including phenoxy) is 1. The van der Waals surface area contributed by atoms with Gasteiger partial charge in [-0.3, -0.25) is 4.79 Å². The number of nitrogens with one attached hydrogen (secondary N) is 1. The van der Waals surface area contributed by atoms with E-state index < -0.39 is 24.8 Å². The number of nitrogens with two attached hydrogens (primary N) is 1. The van der Waals surface area contributed by atoms with Crippen LogP contribution in [0.25, 0.3) is 0 Å². The van der Waals surface area contributed by atoms with Gasteiger partial charge >= 0.3 is 0 Å². The molecule has 0 unspecified atom stereocenters. The lowest BCUT2D eigenvalue weighted by atomic mass is 10.2. The number of anilines is 1. The zero-order chi connectivity index (χ0) is 15.1. The lowest BCUT2D eigenvalue weighted by Crippen LogP contribution is -2.17. The van der Waals surface area contributed by atoms with E-state index in [-0.39, 0.29) is 23.7 Å². The molecule has 0 heterocycles. The summed E-state index contributed by atoms with van der Waals surface area (Å²) in [4.78, 5) is 11.5. The van der Waals surface area contributed by atoms with E-state index in [1.54, 1.807) is 0 Å². The molecule has 0 aromatic heterocycles. The first kappa shape index (κ1) is 16.4. The van der Waals surface area contributed by atoms with Crippen molar-refractivity contribution in [2.45, 2.75) is 12.8 Å². The average Bonchev–Trinajstić information content (AvgIpc) is 2.36. The minimum Gasteiger partial charge on any atom is -0.389 e. The van der Waals surface area contributed by atoms with Crippen molar-refractivity contribution >= 4 is 28.8 Å². The number of alkyl halides is 2. The third kappa shape index (κ3) is 5.54. The Hall–Kier alpha value is -1.67. The van der Waals surface area contributed by atoms with Crippen molar-refractivity contribution in [3.8, 4) is 0 Å². The Morgan fingerprint density at radius 3 is 2.70 bits per heavy atom. The Labute approximate surface area is 119 Å². The average molecular weight is 306 g/mol. The number of carbonyl (C=O) groups is 1. The summed E-state index contributed by atoms with van der Waals surface area (Å²) in [5.41, 5.74) is 5.64. The Kier molecular flexibility index (Phi) is 6.40. The molecule has 0 aliphatic rings. The molecular formula is C12H13F3N2O2S. The fourth-order valence-electron chi connectivity index (χ4n) is 1.32. The van der Waals surface area contributed by atoms with Gasteiger partial charge in [0.1, 0.15) is 17.4 Å². The van der Waals surface area contributed by atoms with Gasteiger partial charge in [0.15, 0.2) is 0 Å². The summed E-state index contributed by atoms with van der Waals surface area (Å²) in [6, 6.07) is 3.89. The van der Waals surface area contributed by atoms with Crippen LogP contribution in [0, 0.1) is 5.82 Å². The number of benzene rings is 1. The van der Waals surface area contributed by atoms with Crippen molar-refractivity contribution in [2.75, 3.05) is 18.5 Å². The van der Waals surface area contributed by atoms with Crippen molar-refractivity contribution in [1.29, 1.82) is 0 Å². The van der Waals surface area contributed by atoms with Crippen molar-refractivity contribution in [3.05, 3.63) is 29.6 Å². The molecule has 0 fully saturated rings. The van der Waals surface area contributed by atoms with Crippen LogP contribution in [-0.2, 0) is 9.53 Å². The highest BCUT2D eigenvalue weighted by molar-refractivity contribution is 7.80. The maximum atomic E-state index is 13.6. The van der Waals surface area contributed by atoms with Gasteiger partial charge in [-0.05, 0) is 18.2 Å². The lowest BCUT2D eigenvalue weighted by molar-refractivity contribution is -0.117. The second-order valence-corrected chi connectivity index (χ2v) is 4.26. The highest BCUT2D eigenvalue weighted by atomic mass is 32.1. The lowest BCUT2D eigenvalue weighted by Gasteiger charge is -2.08. The molecule has 3 N–H and O–H groups in total. The van der Waals surface area contributed by atoms with Crippen LogP contribution in [0.4, 0.5) is 18.9 Å². The van der Waals surface area contributed by atoms with Gasteiger partial charge in [-0.2, -0.15) is 0 Å². The normalized spacial score (nSPS) is 10.6. The van der Waals surface area contributed by atoms with E-state index in [0.717, 1.165) is 6.07 Å². The minimum atomic E-state index is -2.58. The second-order valence-electron chi connectivity index (χ2n) is 3.82. The minimum absolute atomic E-state index is 0.0381. The molecule has 0 spiro atoms. The van der Waals surface area contributed by atoms with Gasteiger partial charge in [-0.15, -0.1) is 0 Å². The van der Waals surface area contributed by atoms with Gasteiger partial charge in [0, 0.05) is 5.56 Å². The zero-order valence-electron chi connectivity index (χ0n) is 10.4. The number of hydrogen-bond donors (Lipinski definition) is 2. The standard InChI is InChI=1S/C12H13F3N2O2S/c13-8-5-7(12(16)20)1-2-9(8)17-11(18)3-4-19-6-10(14)15/h1-2,5,10H,3-4,6H2,(H2,16,20)(H,17,18). The maximum absolute atomic E-state index is 13.6. The molecule has 4 nitrogen and oxygen atoms in total. The van der Waals surface area contributed by atoms with Crippen LogP contribution in [0.1, 0.15) is 12.0 Å². The maximum Gasteiger partial charge on any atom is 0.261 e. The Bertz CT molecular complexity index is 498. The van der Waals surface area contributed by atoms with Crippen molar-refractivity contribution in [3.63, 3.8) is 0 Å². The fourth-order valence-corrected chi connectivity index (χ4v) is 1.45. The summed E-state index contributed by atoms with van der Waals surface area (Å²) in [7, 11) is 0. The molecule has 0 aliphatic heterocycles. The zero-order valence-corrected chi connectivity index (χ0v) is 11.2. The molecule has 0 atom stereocenters. The quantitative estimate of drug-likeness (QED) is 0.598. The summed E-state index contributed by atoms with van der Waals surface area (Å²) in [5.74, 6) is -1.22. The highest BCUT2D eigenvalue weighted by Gasteiger charge is 2.09. The van der Waals surface area contributed by atoms with E-state index in [0.29, 0.717) is 5.56 Å². The van der Waals surface area contributed by atoms with E-state index in [1.807, 2.05) is 0 Å². The fraction of sp³-hybridized carbons (Fsp3) is 0.333. The molecule has 0 radical (unpaired) electrons. The van der Waals surface area contributed by atoms with Gasteiger partial charge in [-0.1, -0.05) is 12.2 Å².